The Bertz CT molecular complexity index is 471. The van der Waals surface area contributed by atoms with E-state index in [-0.39, 0.29) is 17.5 Å². The molecule has 0 bridgehead atoms. The van der Waals surface area contributed by atoms with Crippen molar-refractivity contribution in [3.8, 4) is 5.75 Å². The molecule has 0 radical (unpaired) electrons. The average molecular weight is 262 g/mol. The van der Waals surface area contributed by atoms with E-state index in [1.54, 1.807) is 7.11 Å². The number of piperazine rings is 1. The van der Waals surface area contributed by atoms with Crippen molar-refractivity contribution in [1.82, 2.24) is 10.2 Å². The lowest BCUT2D eigenvalue weighted by Gasteiger charge is -2.43. The summed E-state index contributed by atoms with van der Waals surface area (Å²) in [6.07, 6.45) is 0. The second-order valence-corrected chi connectivity index (χ2v) is 5.75. The van der Waals surface area contributed by atoms with Gasteiger partial charge in [-0.15, -0.1) is 0 Å². The van der Waals surface area contributed by atoms with Crippen molar-refractivity contribution < 1.29 is 9.53 Å². The fraction of sp³-hybridized carbons (Fsp3) is 0.533. The van der Waals surface area contributed by atoms with Gasteiger partial charge in [-0.05, 0) is 32.9 Å². The maximum Gasteiger partial charge on any atom is 0.257 e. The Hall–Kier alpha value is -1.55. The van der Waals surface area contributed by atoms with Gasteiger partial charge in [-0.3, -0.25) is 4.79 Å². The summed E-state index contributed by atoms with van der Waals surface area (Å²) < 4.78 is 5.28. The molecule has 1 fully saturated rings. The van der Waals surface area contributed by atoms with E-state index in [2.05, 4.69) is 26.1 Å². The summed E-state index contributed by atoms with van der Waals surface area (Å²) in [5.41, 5.74) is 0.582. The maximum atomic E-state index is 12.7. The number of carbonyl (C=O) groups excluding carboxylic acids is 1. The first-order valence-electron chi connectivity index (χ1n) is 6.63. The number of amides is 1. The van der Waals surface area contributed by atoms with Crippen LogP contribution < -0.4 is 10.1 Å². The van der Waals surface area contributed by atoms with Gasteiger partial charge >= 0.3 is 0 Å². The molecule has 1 atom stereocenters. The number of ether oxygens (including phenoxy) is 1. The SMILES string of the molecule is COc1ccccc1C(=O)N1CC(C)(C)NCC1C. The molecule has 19 heavy (non-hydrogen) atoms. The van der Waals surface area contributed by atoms with Crippen LogP contribution in [0.4, 0.5) is 0 Å². The van der Waals surface area contributed by atoms with Crippen molar-refractivity contribution in [2.24, 2.45) is 0 Å². The lowest BCUT2D eigenvalue weighted by molar-refractivity contribution is 0.0530. The molecular weight excluding hydrogens is 240 g/mol. The molecule has 2 rings (SSSR count). The third-order valence-electron chi connectivity index (χ3n) is 3.57. The van der Waals surface area contributed by atoms with Gasteiger partial charge in [0, 0.05) is 24.7 Å². The first-order valence-corrected chi connectivity index (χ1v) is 6.63. The minimum Gasteiger partial charge on any atom is -0.496 e. The highest BCUT2D eigenvalue weighted by Gasteiger charge is 2.34. The minimum atomic E-state index is -0.0514. The fourth-order valence-corrected chi connectivity index (χ4v) is 2.42. The highest BCUT2D eigenvalue weighted by molar-refractivity contribution is 5.97. The summed E-state index contributed by atoms with van der Waals surface area (Å²) >= 11 is 0. The number of rotatable bonds is 2. The Morgan fingerprint density at radius 2 is 2.11 bits per heavy atom. The highest BCUT2D eigenvalue weighted by Crippen LogP contribution is 2.23. The molecule has 1 aromatic rings. The molecule has 1 saturated heterocycles. The third-order valence-corrected chi connectivity index (χ3v) is 3.57. The van der Waals surface area contributed by atoms with Crippen LogP contribution in [0.1, 0.15) is 31.1 Å². The smallest absolute Gasteiger partial charge is 0.257 e. The lowest BCUT2D eigenvalue weighted by atomic mass is 9.98. The van der Waals surface area contributed by atoms with Crippen LogP contribution in [-0.4, -0.2) is 42.6 Å². The predicted molar refractivity (Wildman–Crippen MR) is 75.6 cm³/mol. The zero-order valence-electron chi connectivity index (χ0n) is 12.1. The second-order valence-electron chi connectivity index (χ2n) is 5.75. The van der Waals surface area contributed by atoms with Gasteiger partial charge in [0.1, 0.15) is 5.75 Å². The number of nitrogens with one attached hydrogen (secondary N) is 1. The van der Waals surface area contributed by atoms with Gasteiger partial charge in [-0.2, -0.15) is 0 Å². The molecule has 1 aromatic carbocycles. The van der Waals surface area contributed by atoms with Crippen molar-refractivity contribution in [3.63, 3.8) is 0 Å². The summed E-state index contributed by atoms with van der Waals surface area (Å²) in [4.78, 5) is 14.6. The van der Waals surface area contributed by atoms with Crippen molar-refractivity contribution in [2.75, 3.05) is 20.2 Å². The number of hydrogen-bond acceptors (Lipinski definition) is 3. The maximum absolute atomic E-state index is 12.7. The molecule has 1 aliphatic rings. The van der Waals surface area contributed by atoms with E-state index in [9.17, 15) is 4.79 Å². The summed E-state index contributed by atoms with van der Waals surface area (Å²) in [5, 5.41) is 3.45. The van der Waals surface area contributed by atoms with Crippen LogP contribution in [0.25, 0.3) is 0 Å². The van der Waals surface area contributed by atoms with Crippen LogP contribution >= 0.6 is 0 Å². The number of para-hydroxylation sites is 1. The van der Waals surface area contributed by atoms with E-state index in [1.807, 2.05) is 29.2 Å². The van der Waals surface area contributed by atoms with E-state index in [0.29, 0.717) is 17.9 Å². The van der Waals surface area contributed by atoms with E-state index in [0.717, 1.165) is 6.54 Å². The Kier molecular flexibility index (Phi) is 3.80. The van der Waals surface area contributed by atoms with Crippen molar-refractivity contribution >= 4 is 5.91 Å². The average Bonchev–Trinajstić information content (AvgIpc) is 2.40. The summed E-state index contributed by atoms with van der Waals surface area (Å²) in [7, 11) is 1.59. The van der Waals surface area contributed by atoms with Gasteiger partial charge in [-0.25, -0.2) is 0 Å². The second kappa shape index (κ2) is 5.21. The van der Waals surface area contributed by atoms with Crippen LogP contribution in [0.15, 0.2) is 24.3 Å². The topological polar surface area (TPSA) is 41.6 Å². The largest absolute Gasteiger partial charge is 0.496 e. The van der Waals surface area contributed by atoms with E-state index in [4.69, 9.17) is 4.74 Å². The van der Waals surface area contributed by atoms with Gasteiger partial charge < -0.3 is 15.0 Å². The normalized spacial score (nSPS) is 22.1. The third kappa shape index (κ3) is 2.89. The van der Waals surface area contributed by atoms with Gasteiger partial charge in [0.15, 0.2) is 0 Å². The number of benzene rings is 1. The van der Waals surface area contributed by atoms with E-state index < -0.39 is 0 Å². The Morgan fingerprint density at radius 1 is 1.42 bits per heavy atom. The monoisotopic (exact) mass is 262 g/mol. The van der Waals surface area contributed by atoms with E-state index in [1.165, 1.54) is 0 Å². The van der Waals surface area contributed by atoms with Gasteiger partial charge in [0.25, 0.3) is 5.91 Å². The first-order chi connectivity index (χ1) is 8.94. The molecule has 0 aliphatic carbocycles. The molecular formula is C15H22N2O2. The predicted octanol–water partition coefficient (Wildman–Crippen LogP) is 1.91. The molecule has 1 amide bonds. The zero-order valence-corrected chi connectivity index (χ0v) is 12.1. The quantitative estimate of drug-likeness (QED) is 0.885. The van der Waals surface area contributed by atoms with Gasteiger partial charge in [0.2, 0.25) is 0 Å². The molecule has 4 nitrogen and oxygen atoms in total. The van der Waals surface area contributed by atoms with Crippen LogP contribution in [0.3, 0.4) is 0 Å². The Morgan fingerprint density at radius 3 is 2.79 bits per heavy atom. The van der Waals surface area contributed by atoms with Gasteiger partial charge in [-0.1, -0.05) is 12.1 Å². The summed E-state index contributed by atoms with van der Waals surface area (Å²) in [6.45, 7) is 7.80. The van der Waals surface area contributed by atoms with Crippen molar-refractivity contribution in [1.29, 1.82) is 0 Å². The number of nitrogens with zero attached hydrogens (tertiary/aromatic N) is 1. The van der Waals surface area contributed by atoms with Crippen molar-refractivity contribution in [3.05, 3.63) is 29.8 Å². The summed E-state index contributed by atoms with van der Waals surface area (Å²) in [6, 6.07) is 7.58. The number of methoxy groups -OCH3 is 1. The summed E-state index contributed by atoms with van der Waals surface area (Å²) in [5.74, 6) is 0.676. The fourth-order valence-electron chi connectivity index (χ4n) is 2.42. The van der Waals surface area contributed by atoms with Gasteiger partial charge in [0.05, 0.1) is 12.7 Å². The van der Waals surface area contributed by atoms with E-state index >= 15 is 0 Å². The standard InChI is InChI=1S/C15H22N2O2/c1-11-9-16-15(2,3)10-17(11)14(18)12-7-5-6-8-13(12)19-4/h5-8,11,16H,9-10H2,1-4H3. The number of carbonyl (C=O) groups is 1. The van der Waals surface area contributed by atoms with Crippen LogP contribution in [-0.2, 0) is 0 Å². The molecule has 0 spiro atoms. The van der Waals surface area contributed by atoms with Crippen molar-refractivity contribution in [2.45, 2.75) is 32.4 Å². The minimum absolute atomic E-state index is 0.0412. The Balaban J connectivity index is 2.27. The van der Waals surface area contributed by atoms with Crippen LogP contribution in [0.5, 0.6) is 5.75 Å². The molecule has 1 N–H and O–H groups in total. The molecule has 0 saturated carbocycles. The molecule has 1 aliphatic heterocycles. The highest BCUT2D eigenvalue weighted by atomic mass is 16.5. The molecule has 4 heteroatoms. The zero-order chi connectivity index (χ0) is 14.0. The van der Waals surface area contributed by atoms with Crippen LogP contribution in [0.2, 0.25) is 0 Å². The Labute approximate surface area is 114 Å². The first kappa shape index (κ1) is 13.9. The molecule has 1 unspecified atom stereocenters. The number of hydrogen-bond donors (Lipinski definition) is 1. The van der Waals surface area contributed by atoms with Crippen LogP contribution in [0, 0.1) is 0 Å². The molecule has 104 valence electrons. The lowest BCUT2D eigenvalue weighted by Crippen LogP contribution is -2.62. The molecule has 1 heterocycles. The molecule has 0 aromatic heterocycles.